The maximum Gasteiger partial charge on any atom is 0.271 e. The van der Waals surface area contributed by atoms with E-state index in [9.17, 15) is 4.79 Å². The van der Waals surface area contributed by atoms with Gasteiger partial charge in [-0.15, -0.1) is 0 Å². The normalized spacial score (nSPS) is 12.5. The van der Waals surface area contributed by atoms with E-state index in [1.165, 1.54) is 0 Å². The topological polar surface area (TPSA) is 67.2 Å². The van der Waals surface area contributed by atoms with Gasteiger partial charge in [-0.2, -0.15) is 0 Å². The number of aryl methyl sites for hydroxylation is 1. The van der Waals surface area contributed by atoms with Crippen LogP contribution in [0.25, 0.3) is 0 Å². The van der Waals surface area contributed by atoms with Crippen LogP contribution in [-0.2, 0) is 7.05 Å². The maximum absolute atomic E-state index is 11.4. The molecular weight excluding hydrogens is 182 g/mol. The van der Waals surface area contributed by atoms with Gasteiger partial charge < -0.3 is 15.0 Å². The Morgan fingerprint density at radius 1 is 1.79 bits per heavy atom. The molecule has 1 heterocycles. The fraction of sp³-hybridized carbons (Fsp3) is 0.556. The van der Waals surface area contributed by atoms with Crippen molar-refractivity contribution in [2.75, 3.05) is 13.2 Å². The number of imidazole rings is 1. The number of hydrogen-bond donors (Lipinski definition) is 2. The van der Waals surface area contributed by atoms with E-state index in [1.54, 1.807) is 24.1 Å². The lowest BCUT2D eigenvalue weighted by molar-refractivity contribution is 0.0937. The summed E-state index contributed by atoms with van der Waals surface area (Å²) in [6, 6.07) is 0. The first-order valence-corrected chi connectivity index (χ1v) is 4.50. The highest BCUT2D eigenvalue weighted by atomic mass is 16.3. The summed E-state index contributed by atoms with van der Waals surface area (Å²) in [5.41, 5.74) is 0.401. The number of carbonyl (C=O) groups excluding carboxylic acids is 1. The van der Waals surface area contributed by atoms with E-state index in [-0.39, 0.29) is 18.4 Å². The van der Waals surface area contributed by atoms with Gasteiger partial charge in [0.05, 0.1) is 6.33 Å². The van der Waals surface area contributed by atoms with E-state index in [4.69, 9.17) is 5.11 Å². The van der Waals surface area contributed by atoms with Gasteiger partial charge in [0.2, 0.25) is 0 Å². The molecule has 0 aromatic carbocycles. The zero-order valence-electron chi connectivity index (χ0n) is 8.40. The van der Waals surface area contributed by atoms with Crippen molar-refractivity contribution in [1.29, 1.82) is 0 Å². The van der Waals surface area contributed by atoms with Gasteiger partial charge in [-0.1, -0.05) is 6.92 Å². The van der Waals surface area contributed by atoms with Crippen molar-refractivity contribution in [3.8, 4) is 0 Å². The number of aliphatic hydroxyl groups is 1. The fourth-order valence-electron chi connectivity index (χ4n) is 0.952. The first-order chi connectivity index (χ1) is 6.63. The van der Waals surface area contributed by atoms with Crippen molar-refractivity contribution in [3.05, 3.63) is 18.2 Å². The lowest BCUT2D eigenvalue weighted by atomic mass is 10.2. The summed E-state index contributed by atoms with van der Waals surface area (Å²) in [6.45, 7) is 2.40. The van der Waals surface area contributed by atoms with Crippen LogP contribution in [0.5, 0.6) is 0 Å². The third-order valence-electron chi connectivity index (χ3n) is 1.86. The second-order valence-corrected chi connectivity index (χ2v) is 3.42. The summed E-state index contributed by atoms with van der Waals surface area (Å²) in [4.78, 5) is 15.3. The van der Waals surface area contributed by atoms with Crippen LogP contribution >= 0.6 is 0 Å². The Morgan fingerprint density at radius 3 is 3.00 bits per heavy atom. The van der Waals surface area contributed by atoms with Gasteiger partial charge in [0.1, 0.15) is 5.69 Å². The second-order valence-electron chi connectivity index (χ2n) is 3.42. The van der Waals surface area contributed by atoms with Crippen LogP contribution in [0, 0.1) is 5.92 Å². The van der Waals surface area contributed by atoms with Crippen molar-refractivity contribution in [2.45, 2.75) is 6.92 Å². The van der Waals surface area contributed by atoms with Crippen molar-refractivity contribution in [2.24, 2.45) is 13.0 Å². The zero-order valence-corrected chi connectivity index (χ0v) is 8.40. The first kappa shape index (κ1) is 10.7. The molecular formula is C9H15N3O2. The minimum Gasteiger partial charge on any atom is -0.396 e. The Labute approximate surface area is 82.8 Å². The smallest absolute Gasteiger partial charge is 0.271 e. The van der Waals surface area contributed by atoms with Crippen LogP contribution < -0.4 is 5.32 Å². The van der Waals surface area contributed by atoms with E-state index in [2.05, 4.69) is 10.3 Å². The molecule has 1 aromatic heterocycles. The highest BCUT2D eigenvalue weighted by Crippen LogP contribution is 1.95. The van der Waals surface area contributed by atoms with Crippen molar-refractivity contribution >= 4 is 5.91 Å². The van der Waals surface area contributed by atoms with Gasteiger partial charge in [-0.3, -0.25) is 4.79 Å². The third-order valence-corrected chi connectivity index (χ3v) is 1.86. The molecule has 0 saturated carbocycles. The molecule has 0 aliphatic heterocycles. The molecule has 0 saturated heterocycles. The van der Waals surface area contributed by atoms with Gasteiger partial charge in [-0.25, -0.2) is 4.98 Å². The first-order valence-electron chi connectivity index (χ1n) is 4.50. The van der Waals surface area contributed by atoms with Gasteiger partial charge in [0.25, 0.3) is 5.91 Å². The van der Waals surface area contributed by atoms with E-state index in [1.807, 2.05) is 6.92 Å². The number of nitrogens with one attached hydrogen (secondary N) is 1. The van der Waals surface area contributed by atoms with Gasteiger partial charge >= 0.3 is 0 Å². The monoisotopic (exact) mass is 197 g/mol. The molecule has 1 unspecified atom stereocenters. The molecule has 0 spiro atoms. The largest absolute Gasteiger partial charge is 0.396 e. The molecule has 0 fully saturated rings. The van der Waals surface area contributed by atoms with Crippen molar-refractivity contribution in [3.63, 3.8) is 0 Å². The second kappa shape index (κ2) is 4.76. The summed E-state index contributed by atoms with van der Waals surface area (Å²) in [5.74, 6) is -0.131. The number of hydrogen-bond acceptors (Lipinski definition) is 3. The van der Waals surface area contributed by atoms with Crippen LogP contribution in [0.15, 0.2) is 12.5 Å². The molecule has 1 amide bonds. The summed E-state index contributed by atoms with van der Waals surface area (Å²) < 4.78 is 1.71. The average Bonchev–Trinajstić information content (AvgIpc) is 2.60. The quantitative estimate of drug-likeness (QED) is 0.701. The number of carbonyl (C=O) groups is 1. The minimum absolute atomic E-state index is 0.0719. The highest BCUT2D eigenvalue weighted by Gasteiger charge is 2.09. The van der Waals surface area contributed by atoms with Crippen LogP contribution in [0.2, 0.25) is 0 Å². The van der Waals surface area contributed by atoms with Crippen LogP contribution in [0.3, 0.4) is 0 Å². The SMILES string of the molecule is CC(CO)CNC(=O)c1cn(C)cn1. The average molecular weight is 197 g/mol. The van der Waals surface area contributed by atoms with E-state index in [0.29, 0.717) is 12.2 Å². The lowest BCUT2D eigenvalue weighted by Crippen LogP contribution is -2.29. The molecule has 14 heavy (non-hydrogen) atoms. The molecule has 0 radical (unpaired) electrons. The van der Waals surface area contributed by atoms with E-state index >= 15 is 0 Å². The van der Waals surface area contributed by atoms with E-state index < -0.39 is 0 Å². The fourth-order valence-corrected chi connectivity index (χ4v) is 0.952. The van der Waals surface area contributed by atoms with E-state index in [0.717, 1.165) is 0 Å². The van der Waals surface area contributed by atoms with Crippen LogP contribution in [-0.4, -0.2) is 33.7 Å². The van der Waals surface area contributed by atoms with Crippen molar-refractivity contribution < 1.29 is 9.90 Å². The molecule has 0 aliphatic rings. The third kappa shape index (κ3) is 2.85. The molecule has 5 heteroatoms. The van der Waals surface area contributed by atoms with Crippen LogP contribution in [0.1, 0.15) is 17.4 Å². The van der Waals surface area contributed by atoms with Gasteiger partial charge in [-0.05, 0) is 5.92 Å². The summed E-state index contributed by atoms with van der Waals surface area (Å²) in [7, 11) is 1.81. The molecule has 1 aromatic rings. The van der Waals surface area contributed by atoms with Crippen LogP contribution in [0.4, 0.5) is 0 Å². The summed E-state index contributed by atoms with van der Waals surface area (Å²) in [6.07, 6.45) is 3.23. The Bertz CT molecular complexity index is 309. The maximum atomic E-state index is 11.4. The number of amides is 1. The Balaban J connectivity index is 2.43. The zero-order chi connectivity index (χ0) is 10.6. The Morgan fingerprint density at radius 2 is 2.50 bits per heavy atom. The molecule has 5 nitrogen and oxygen atoms in total. The predicted octanol–water partition coefficient (Wildman–Crippen LogP) is -0.222. The minimum atomic E-state index is -0.203. The lowest BCUT2D eigenvalue weighted by Gasteiger charge is -2.07. The highest BCUT2D eigenvalue weighted by molar-refractivity contribution is 5.91. The summed E-state index contributed by atoms with van der Waals surface area (Å²) in [5, 5.41) is 11.4. The van der Waals surface area contributed by atoms with Gasteiger partial charge in [0, 0.05) is 26.4 Å². The number of rotatable bonds is 4. The molecule has 2 N–H and O–H groups in total. The number of aromatic nitrogens is 2. The molecule has 78 valence electrons. The van der Waals surface area contributed by atoms with Crippen molar-refractivity contribution in [1.82, 2.24) is 14.9 Å². The number of nitrogens with zero attached hydrogens (tertiary/aromatic N) is 2. The van der Waals surface area contributed by atoms with Gasteiger partial charge in [0.15, 0.2) is 0 Å². The molecule has 0 bridgehead atoms. The number of aliphatic hydroxyl groups excluding tert-OH is 1. The molecule has 1 rings (SSSR count). The standard InChI is InChI=1S/C9H15N3O2/c1-7(5-13)3-10-9(14)8-4-12(2)6-11-8/h4,6-7,13H,3,5H2,1-2H3,(H,10,14). The predicted molar refractivity (Wildman–Crippen MR) is 51.8 cm³/mol. The molecule has 0 aliphatic carbocycles. The summed E-state index contributed by atoms with van der Waals surface area (Å²) >= 11 is 0. The molecule has 1 atom stereocenters. The Hall–Kier alpha value is -1.36. The Kier molecular flexibility index (Phi) is 3.64.